The highest BCUT2D eigenvalue weighted by Gasteiger charge is 2.14. The van der Waals surface area contributed by atoms with Gasteiger partial charge in [-0.3, -0.25) is 4.79 Å². The molecule has 0 aliphatic heterocycles. The topological polar surface area (TPSA) is 76.0 Å². The van der Waals surface area contributed by atoms with E-state index in [1.165, 1.54) is 4.70 Å². The Balaban J connectivity index is 1.46. The van der Waals surface area contributed by atoms with E-state index in [0.29, 0.717) is 25.2 Å². The number of hydrogen-bond donors (Lipinski definition) is 2. The van der Waals surface area contributed by atoms with Crippen molar-refractivity contribution in [3.8, 4) is 22.6 Å². The molecule has 192 valence electrons. The summed E-state index contributed by atoms with van der Waals surface area (Å²) in [5.74, 6) is 0.699. The summed E-state index contributed by atoms with van der Waals surface area (Å²) in [5.41, 5.74) is 5.08. The van der Waals surface area contributed by atoms with Crippen molar-refractivity contribution in [3.63, 3.8) is 0 Å². The Hall–Kier alpha value is -3.61. The van der Waals surface area contributed by atoms with Crippen LogP contribution in [0.4, 0.5) is 0 Å². The predicted octanol–water partition coefficient (Wildman–Crippen LogP) is 7.48. The molecular weight excluding hydrogens is 484 g/mol. The van der Waals surface area contributed by atoms with Gasteiger partial charge in [-0.25, -0.2) is 0 Å². The van der Waals surface area contributed by atoms with Gasteiger partial charge in [-0.05, 0) is 84.3 Å². The van der Waals surface area contributed by atoms with E-state index in [1.54, 1.807) is 25.2 Å². The van der Waals surface area contributed by atoms with E-state index >= 15 is 0 Å². The van der Waals surface area contributed by atoms with Crippen molar-refractivity contribution in [1.29, 1.82) is 0 Å². The first-order valence-corrected chi connectivity index (χ1v) is 13.1. The second kappa shape index (κ2) is 11.2. The number of rotatable bonds is 11. The standard InChI is InChI=1S/C31H32O5S/c1-20(16-30(32)33)23-7-5-22(6-8-23)18-36-25-10-12-29-27(17-25)28(19-37-29)26-11-9-24(15-21(26)2)35-14-13-31(3,4)34/h5-12,15,17,19,34H,1,13-14,16,18H2,2-4H3,(H,32,33). The third-order valence-corrected chi connectivity index (χ3v) is 7.11. The fraction of sp³-hybridized carbons (Fsp3) is 0.258. The Labute approximate surface area is 221 Å². The van der Waals surface area contributed by atoms with E-state index in [0.717, 1.165) is 44.7 Å². The minimum absolute atomic E-state index is 0.0733. The van der Waals surface area contributed by atoms with E-state index in [2.05, 4.69) is 37.1 Å². The highest BCUT2D eigenvalue weighted by atomic mass is 32.1. The van der Waals surface area contributed by atoms with Crippen LogP contribution >= 0.6 is 11.3 Å². The molecule has 0 aliphatic carbocycles. The Kier molecular flexibility index (Phi) is 8.00. The van der Waals surface area contributed by atoms with Gasteiger partial charge in [0.05, 0.1) is 18.6 Å². The van der Waals surface area contributed by atoms with Gasteiger partial charge in [-0.2, -0.15) is 0 Å². The smallest absolute Gasteiger partial charge is 0.307 e. The van der Waals surface area contributed by atoms with Crippen molar-refractivity contribution >= 4 is 33.0 Å². The van der Waals surface area contributed by atoms with Crippen LogP contribution in [0, 0.1) is 6.92 Å². The summed E-state index contributed by atoms with van der Waals surface area (Å²) in [6.45, 7) is 10.4. The third-order valence-electron chi connectivity index (χ3n) is 6.15. The van der Waals surface area contributed by atoms with Crippen LogP contribution in [0.15, 0.2) is 72.6 Å². The molecule has 0 fully saturated rings. The lowest BCUT2D eigenvalue weighted by Gasteiger charge is -2.17. The molecule has 3 aromatic carbocycles. The van der Waals surface area contributed by atoms with Gasteiger partial charge in [0.25, 0.3) is 0 Å². The van der Waals surface area contributed by atoms with Gasteiger partial charge in [0, 0.05) is 22.1 Å². The lowest BCUT2D eigenvalue weighted by molar-refractivity contribution is -0.135. The van der Waals surface area contributed by atoms with E-state index in [9.17, 15) is 9.90 Å². The molecule has 0 spiro atoms. The minimum atomic E-state index is -0.887. The highest BCUT2D eigenvalue weighted by Crippen LogP contribution is 2.38. The van der Waals surface area contributed by atoms with E-state index in [1.807, 2.05) is 42.5 Å². The SMILES string of the molecule is C=C(CC(=O)O)c1ccc(COc2ccc3scc(-c4ccc(OCCC(C)(C)O)cc4C)c3c2)cc1. The maximum Gasteiger partial charge on any atom is 0.307 e. The first-order valence-electron chi connectivity index (χ1n) is 12.2. The van der Waals surface area contributed by atoms with Crippen molar-refractivity contribution < 1.29 is 24.5 Å². The second-order valence-corrected chi connectivity index (χ2v) is 10.8. The first kappa shape index (κ1) is 26.5. The Bertz CT molecular complexity index is 1410. The number of carbonyl (C=O) groups is 1. The Morgan fingerprint density at radius 3 is 2.35 bits per heavy atom. The molecule has 2 N–H and O–H groups in total. The molecule has 5 nitrogen and oxygen atoms in total. The number of thiophene rings is 1. The van der Waals surface area contributed by atoms with Gasteiger partial charge in [-0.15, -0.1) is 11.3 Å². The molecule has 0 bridgehead atoms. The monoisotopic (exact) mass is 516 g/mol. The van der Waals surface area contributed by atoms with E-state index < -0.39 is 11.6 Å². The van der Waals surface area contributed by atoms with Gasteiger partial charge >= 0.3 is 5.97 Å². The van der Waals surface area contributed by atoms with Gasteiger partial charge in [0.1, 0.15) is 18.1 Å². The van der Waals surface area contributed by atoms with Crippen molar-refractivity contribution in [2.75, 3.05) is 6.61 Å². The molecule has 1 aromatic heterocycles. The lowest BCUT2D eigenvalue weighted by atomic mass is 9.99. The molecule has 0 unspecified atom stereocenters. The molecule has 0 saturated heterocycles. The molecule has 4 aromatic rings. The number of carboxylic acids is 1. The van der Waals surface area contributed by atoms with Gasteiger partial charge in [0.2, 0.25) is 0 Å². The Morgan fingerprint density at radius 2 is 1.68 bits per heavy atom. The number of ether oxygens (including phenoxy) is 2. The molecule has 4 rings (SSSR count). The predicted molar refractivity (Wildman–Crippen MR) is 150 cm³/mol. The van der Waals surface area contributed by atoms with Crippen molar-refractivity contribution in [3.05, 3.63) is 89.3 Å². The molecule has 6 heteroatoms. The van der Waals surface area contributed by atoms with Crippen LogP contribution in [-0.4, -0.2) is 28.4 Å². The number of aryl methyl sites for hydroxylation is 1. The Morgan fingerprint density at radius 1 is 0.973 bits per heavy atom. The zero-order valence-electron chi connectivity index (χ0n) is 21.4. The zero-order valence-corrected chi connectivity index (χ0v) is 22.2. The number of aliphatic carboxylic acids is 1. The average molecular weight is 517 g/mol. The van der Waals surface area contributed by atoms with Crippen molar-refractivity contribution in [2.24, 2.45) is 0 Å². The van der Waals surface area contributed by atoms with Crippen LogP contribution < -0.4 is 9.47 Å². The summed E-state index contributed by atoms with van der Waals surface area (Å²) >= 11 is 1.71. The summed E-state index contributed by atoms with van der Waals surface area (Å²) in [6, 6.07) is 19.9. The fourth-order valence-corrected chi connectivity index (χ4v) is 4.98. The molecule has 0 amide bonds. The third kappa shape index (κ3) is 7.00. The molecule has 0 radical (unpaired) electrons. The summed E-state index contributed by atoms with van der Waals surface area (Å²) in [7, 11) is 0. The average Bonchev–Trinajstić information content (AvgIpc) is 3.25. The summed E-state index contributed by atoms with van der Waals surface area (Å²) in [6.07, 6.45) is 0.492. The number of benzene rings is 3. The van der Waals surface area contributed by atoms with Crippen molar-refractivity contribution in [1.82, 2.24) is 0 Å². The van der Waals surface area contributed by atoms with Gasteiger partial charge < -0.3 is 19.7 Å². The number of hydrogen-bond acceptors (Lipinski definition) is 5. The van der Waals surface area contributed by atoms with Crippen LogP contribution in [0.25, 0.3) is 26.8 Å². The van der Waals surface area contributed by atoms with Crippen LogP contribution in [0.1, 0.15) is 43.4 Å². The molecular formula is C31H32O5S. The summed E-state index contributed by atoms with van der Waals surface area (Å²) < 4.78 is 13.1. The van der Waals surface area contributed by atoms with Gasteiger partial charge in [0.15, 0.2) is 0 Å². The largest absolute Gasteiger partial charge is 0.493 e. The fourth-order valence-electron chi connectivity index (χ4n) is 4.04. The number of carboxylic acid groups (broad SMARTS) is 1. The zero-order chi connectivity index (χ0) is 26.6. The lowest BCUT2D eigenvalue weighted by Crippen LogP contribution is -2.21. The van der Waals surface area contributed by atoms with E-state index in [-0.39, 0.29) is 6.42 Å². The molecule has 0 aliphatic rings. The molecule has 1 heterocycles. The molecule has 0 atom stereocenters. The summed E-state index contributed by atoms with van der Waals surface area (Å²) in [4.78, 5) is 10.9. The van der Waals surface area contributed by atoms with Crippen LogP contribution in [-0.2, 0) is 11.4 Å². The maximum atomic E-state index is 10.9. The van der Waals surface area contributed by atoms with Crippen LogP contribution in [0.5, 0.6) is 11.5 Å². The summed E-state index contributed by atoms with van der Waals surface area (Å²) in [5, 5.41) is 22.2. The quantitative estimate of drug-likeness (QED) is 0.216. The van der Waals surface area contributed by atoms with Gasteiger partial charge in [-0.1, -0.05) is 36.9 Å². The van der Waals surface area contributed by atoms with Crippen LogP contribution in [0.2, 0.25) is 0 Å². The van der Waals surface area contributed by atoms with E-state index in [4.69, 9.17) is 14.6 Å². The molecule has 37 heavy (non-hydrogen) atoms. The normalized spacial score (nSPS) is 11.5. The highest BCUT2D eigenvalue weighted by molar-refractivity contribution is 7.17. The van der Waals surface area contributed by atoms with Crippen LogP contribution in [0.3, 0.4) is 0 Å². The minimum Gasteiger partial charge on any atom is -0.493 e. The number of aliphatic hydroxyl groups is 1. The van der Waals surface area contributed by atoms with Crippen molar-refractivity contribution in [2.45, 2.75) is 45.8 Å². The molecule has 0 saturated carbocycles. The first-order chi connectivity index (χ1) is 17.6. The number of fused-ring (bicyclic) bond motifs is 1. The second-order valence-electron chi connectivity index (χ2n) is 9.85. The maximum absolute atomic E-state index is 10.9.